The summed E-state index contributed by atoms with van der Waals surface area (Å²) in [7, 11) is 1.54. The van der Waals surface area contributed by atoms with Gasteiger partial charge in [-0.05, 0) is 11.1 Å². The first kappa shape index (κ1) is 21.6. The molecule has 2 aromatic rings. The molecule has 0 radical (unpaired) electrons. The van der Waals surface area contributed by atoms with Crippen LogP contribution in [0.3, 0.4) is 0 Å². The van der Waals surface area contributed by atoms with Crippen LogP contribution in [0, 0.1) is 0 Å². The molecule has 2 N–H and O–H groups in total. The fraction of sp³-hybridized carbons (Fsp3) is 0.412. The van der Waals surface area contributed by atoms with Gasteiger partial charge in [0.1, 0.15) is 12.4 Å². The fourth-order valence-electron chi connectivity index (χ4n) is 2.27. The molecule has 2 rings (SSSR count). The molecule has 0 spiro atoms. The normalized spacial score (nSPS) is 12.5. The Bertz CT molecular complexity index is 758. The number of guanidine groups is 1. The second kappa shape index (κ2) is 10.0. The molecule has 0 aliphatic carbocycles. The van der Waals surface area contributed by atoms with Crippen LogP contribution >= 0.6 is 0 Å². The molecule has 0 unspecified atom stereocenters. The zero-order chi connectivity index (χ0) is 20.6. The molecule has 0 saturated carbocycles. The topological polar surface area (TPSA) is 63.5 Å². The first-order valence-corrected chi connectivity index (χ1v) is 8.25. The van der Waals surface area contributed by atoms with Gasteiger partial charge in [0.2, 0.25) is 0 Å². The van der Waals surface area contributed by atoms with Gasteiger partial charge in [0.05, 0.1) is 13.2 Å². The quantitative estimate of drug-likeness (QED) is 0.402. The Morgan fingerprint density at radius 1 is 1.14 bits per heavy atom. The number of aromatic nitrogens is 2. The van der Waals surface area contributed by atoms with Crippen LogP contribution in [-0.2, 0) is 24.4 Å². The molecule has 0 saturated heterocycles. The van der Waals surface area contributed by atoms with E-state index in [1.165, 1.54) is 19.4 Å². The SMILES string of the molecule is CN=C(NCc1ccc(COCC(F)(F)F)cc1)NCc1nccn1C(F)F. The van der Waals surface area contributed by atoms with Gasteiger partial charge in [0.15, 0.2) is 5.96 Å². The lowest BCUT2D eigenvalue weighted by atomic mass is 10.1. The Hall–Kier alpha value is -2.69. The summed E-state index contributed by atoms with van der Waals surface area (Å²) in [5, 5.41) is 5.90. The van der Waals surface area contributed by atoms with Crippen LogP contribution in [0.1, 0.15) is 23.5 Å². The molecule has 1 aromatic carbocycles. The predicted octanol–water partition coefficient (Wildman–Crippen LogP) is 3.22. The van der Waals surface area contributed by atoms with Crippen molar-refractivity contribution in [3.05, 3.63) is 53.6 Å². The van der Waals surface area contributed by atoms with Crippen molar-refractivity contribution in [1.82, 2.24) is 20.2 Å². The van der Waals surface area contributed by atoms with Crippen LogP contribution in [0.4, 0.5) is 22.0 Å². The van der Waals surface area contributed by atoms with Gasteiger partial charge in [-0.25, -0.2) is 4.98 Å². The summed E-state index contributed by atoms with van der Waals surface area (Å²) in [6.07, 6.45) is -1.86. The summed E-state index contributed by atoms with van der Waals surface area (Å²) in [4.78, 5) is 7.87. The second-order valence-corrected chi connectivity index (χ2v) is 5.73. The van der Waals surface area contributed by atoms with Gasteiger partial charge in [-0.3, -0.25) is 9.56 Å². The van der Waals surface area contributed by atoms with Crippen molar-refractivity contribution in [1.29, 1.82) is 0 Å². The van der Waals surface area contributed by atoms with Gasteiger partial charge in [0.25, 0.3) is 0 Å². The highest BCUT2D eigenvalue weighted by molar-refractivity contribution is 5.79. The van der Waals surface area contributed by atoms with Gasteiger partial charge in [-0.15, -0.1) is 0 Å². The van der Waals surface area contributed by atoms with Crippen molar-refractivity contribution in [2.75, 3.05) is 13.7 Å². The number of rotatable bonds is 8. The van der Waals surface area contributed by atoms with Crippen LogP contribution in [0.2, 0.25) is 0 Å². The minimum absolute atomic E-state index is 0.0620. The third-order valence-electron chi connectivity index (χ3n) is 3.61. The van der Waals surface area contributed by atoms with Crippen molar-refractivity contribution < 1.29 is 26.7 Å². The number of halogens is 5. The van der Waals surface area contributed by atoms with Gasteiger partial charge in [0, 0.05) is 26.0 Å². The molecule has 6 nitrogen and oxygen atoms in total. The summed E-state index contributed by atoms with van der Waals surface area (Å²) in [6.45, 7) is -3.65. The lowest BCUT2D eigenvalue weighted by molar-refractivity contribution is -0.176. The summed E-state index contributed by atoms with van der Waals surface area (Å²) in [5.74, 6) is 0.558. The number of imidazole rings is 1. The Morgan fingerprint density at radius 3 is 2.39 bits per heavy atom. The van der Waals surface area contributed by atoms with Gasteiger partial charge in [-0.2, -0.15) is 22.0 Å². The van der Waals surface area contributed by atoms with E-state index in [-0.39, 0.29) is 19.0 Å². The lowest BCUT2D eigenvalue weighted by Crippen LogP contribution is -2.37. The molecular formula is C17H20F5N5O. The number of ether oxygens (including phenoxy) is 1. The molecular weight excluding hydrogens is 385 g/mol. The summed E-state index contributed by atoms with van der Waals surface area (Å²) in [6, 6.07) is 6.83. The van der Waals surface area contributed by atoms with Crippen molar-refractivity contribution in [3.8, 4) is 0 Å². The largest absolute Gasteiger partial charge is 0.411 e. The van der Waals surface area contributed by atoms with Crippen LogP contribution in [0.25, 0.3) is 0 Å². The maximum absolute atomic E-state index is 12.8. The highest BCUT2D eigenvalue weighted by Gasteiger charge is 2.27. The summed E-state index contributed by atoms with van der Waals surface area (Å²) >= 11 is 0. The molecule has 11 heteroatoms. The van der Waals surface area contributed by atoms with Crippen LogP contribution in [0.5, 0.6) is 0 Å². The highest BCUT2D eigenvalue weighted by atomic mass is 19.4. The average molecular weight is 405 g/mol. The van der Waals surface area contributed by atoms with Crippen molar-refractivity contribution in [2.45, 2.75) is 32.4 Å². The highest BCUT2D eigenvalue weighted by Crippen LogP contribution is 2.16. The van der Waals surface area contributed by atoms with Crippen molar-refractivity contribution in [3.63, 3.8) is 0 Å². The average Bonchev–Trinajstić information content (AvgIpc) is 3.11. The van der Waals surface area contributed by atoms with E-state index in [2.05, 4.69) is 25.3 Å². The monoisotopic (exact) mass is 405 g/mol. The number of benzene rings is 1. The van der Waals surface area contributed by atoms with E-state index >= 15 is 0 Å². The maximum Gasteiger partial charge on any atom is 0.411 e. The number of hydrogen-bond acceptors (Lipinski definition) is 3. The minimum atomic E-state index is -4.35. The Kier molecular flexibility index (Phi) is 7.73. The maximum atomic E-state index is 12.8. The smallest absolute Gasteiger partial charge is 0.367 e. The molecule has 1 heterocycles. The van der Waals surface area contributed by atoms with Gasteiger partial charge in [-0.1, -0.05) is 24.3 Å². The molecule has 0 atom stereocenters. The van der Waals surface area contributed by atoms with Crippen molar-refractivity contribution >= 4 is 5.96 Å². The number of nitrogens with one attached hydrogen (secondary N) is 2. The number of aliphatic imine (C=N–C) groups is 1. The zero-order valence-corrected chi connectivity index (χ0v) is 15.0. The first-order valence-electron chi connectivity index (χ1n) is 8.25. The van der Waals surface area contributed by atoms with E-state index in [9.17, 15) is 22.0 Å². The van der Waals surface area contributed by atoms with Crippen LogP contribution in [-0.4, -0.2) is 35.3 Å². The standard InChI is InChI=1S/C17H20F5N5O/c1-23-16(26-9-14-24-6-7-27(14)15(18)19)25-8-12-2-4-13(5-3-12)10-28-11-17(20,21)22/h2-7,15H,8-11H2,1H3,(H2,23,25,26). The van der Waals surface area contributed by atoms with E-state index in [1.807, 2.05) is 0 Å². The minimum Gasteiger partial charge on any atom is -0.367 e. The van der Waals surface area contributed by atoms with E-state index < -0.39 is 19.3 Å². The predicted molar refractivity (Wildman–Crippen MR) is 92.7 cm³/mol. The van der Waals surface area contributed by atoms with Crippen LogP contribution < -0.4 is 10.6 Å². The Labute approximate surface area is 158 Å². The van der Waals surface area contributed by atoms with Crippen LogP contribution in [0.15, 0.2) is 41.7 Å². The molecule has 0 fully saturated rings. The molecule has 0 bridgehead atoms. The van der Waals surface area contributed by atoms with E-state index in [0.717, 1.165) is 10.1 Å². The summed E-state index contributed by atoms with van der Waals surface area (Å²) < 4.78 is 67.1. The molecule has 28 heavy (non-hydrogen) atoms. The number of alkyl halides is 5. The number of hydrogen-bond donors (Lipinski definition) is 2. The molecule has 154 valence electrons. The molecule has 0 amide bonds. The number of nitrogens with zero attached hydrogens (tertiary/aromatic N) is 3. The van der Waals surface area contributed by atoms with E-state index in [0.29, 0.717) is 18.1 Å². The Balaban J connectivity index is 1.79. The van der Waals surface area contributed by atoms with E-state index in [4.69, 9.17) is 0 Å². The van der Waals surface area contributed by atoms with Gasteiger partial charge >= 0.3 is 12.7 Å². The third kappa shape index (κ3) is 7.14. The molecule has 1 aromatic heterocycles. The van der Waals surface area contributed by atoms with Crippen molar-refractivity contribution in [2.24, 2.45) is 4.99 Å². The second-order valence-electron chi connectivity index (χ2n) is 5.73. The third-order valence-corrected chi connectivity index (χ3v) is 3.61. The molecule has 0 aliphatic heterocycles. The Morgan fingerprint density at radius 2 is 1.79 bits per heavy atom. The van der Waals surface area contributed by atoms with E-state index in [1.54, 1.807) is 24.3 Å². The summed E-state index contributed by atoms with van der Waals surface area (Å²) in [5.41, 5.74) is 1.48. The zero-order valence-electron chi connectivity index (χ0n) is 15.0. The lowest BCUT2D eigenvalue weighted by Gasteiger charge is -2.13. The van der Waals surface area contributed by atoms with Gasteiger partial charge < -0.3 is 15.4 Å². The fourth-order valence-corrected chi connectivity index (χ4v) is 2.27. The first-order chi connectivity index (χ1) is 13.3. The molecule has 0 aliphatic rings.